The smallest absolute Gasteiger partial charge is 0.291 e. The molecule has 0 amide bonds. The summed E-state index contributed by atoms with van der Waals surface area (Å²) in [6.45, 7) is 0. The van der Waals surface area contributed by atoms with Gasteiger partial charge in [0.15, 0.2) is 0 Å². The highest BCUT2D eigenvalue weighted by Gasteiger charge is 2.07. The molecule has 0 unspecified atom stereocenters. The second kappa shape index (κ2) is 8.13. The van der Waals surface area contributed by atoms with Crippen molar-refractivity contribution in [3.8, 4) is 0 Å². The topological polar surface area (TPSA) is 90.4 Å². The Bertz CT molecular complexity index is 625. The lowest BCUT2D eigenvalue weighted by Crippen LogP contribution is -1.92. The Labute approximate surface area is 130 Å². The van der Waals surface area contributed by atoms with Crippen molar-refractivity contribution >= 4 is 35.2 Å². The van der Waals surface area contributed by atoms with Gasteiger partial charge in [-0.25, -0.2) is 4.98 Å². The van der Waals surface area contributed by atoms with E-state index in [1.54, 1.807) is 42.5 Å². The number of methoxy groups -OCH3 is 1. The average Bonchev–Trinajstić information content (AvgIpc) is 2.89. The summed E-state index contributed by atoms with van der Waals surface area (Å²) in [5.41, 5.74) is 0.785. The molecule has 0 aliphatic rings. The van der Waals surface area contributed by atoms with E-state index in [0.29, 0.717) is 15.8 Å². The van der Waals surface area contributed by atoms with Crippen molar-refractivity contribution in [3.63, 3.8) is 0 Å². The predicted octanol–water partition coefficient (Wildman–Crippen LogP) is 3.44. The molecule has 1 N–H and O–H groups in total. The lowest BCUT2D eigenvalue weighted by Gasteiger charge is -2.08. The van der Waals surface area contributed by atoms with E-state index in [9.17, 15) is 0 Å². The van der Waals surface area contributed by atoms with Gasteiger partial charge in [-0.1, -0.05) is 23.2 Å². The third kappa shape index (κ3) is 5.72. The Kier molecular flexibility index (Phi) is 6.51. The van der Waals surface area contributed by atoms with Crippen molar-refractivity contribution in [2.45, 2.75) is 0 Å². The lowest BCUT2D eigenvalue weighted by molar-refractivity contribution is -0.742. The SMILES string of the molecule is COC(=Cn1ccnc1)c1ccc(Cl)cc1Cl.O=[N+]([O-])O. The summed E-state index contributed by atoms with van der Waals surface area (Å²) in [4.78, 5) is 12.3. The number of hydrogen-bond acceptors (Lipinski definition) is 4. The van der Waals surface area contributed by atoms with Gasteiger partial charge >= 0.3 is 0 Å². The van der Waals surface area contributed by atoms with Gasteiger partial charge in [0.05, 0.1) is 24.7 Å². The summed E-state index contributed by atoms with van der Waals surface area (Å²) < 4.78 is 7.10. The van der Waals surface area contributed by atoms with E-state index in [-0.39, 0.29) is 0 Å². The second-order valence-electron chi connectivity index (χ2n) is 3.57. The van der Waals surface area contributed by atoms with E-state index < -0.39 is 5.09 Å². The molecule has 0 saturated heterocycles. The Balaban J connectivity index is 0.000000491. The number of halogens is 2. The fourth-order valence-corrected chi connectivity index (χ4v) is 1.90. The lowest BCUT2D eigenvalue weighted by atomic mass is 10.2. The van der Waals surface area contributed by atoms with Crippen molar-refractivity contribution in [2.24, 2.45) is 0 Å². The highest BCUT2D eigenvalue weighted by atomic mass is 35.5. The Morgan fingerprint density at radius 3 is 2.67 bits per heavy atom. The van der Waals surface area contributed by atoms with Gasteiger partial charge in [-0.15, -0.1) is 10.1 Å². The standard InChI is InChI=1S/C12H10Cl2N2O.HNO3/c1-17-12(7-16-5-4-15-8-16)10-3-2-9(13)6-11(10)14;2-1(3)4/h2-8H,1H3;(H,2,3,4). The maximum atomic E-state index is 8.36. The zero-order valence-electron chi connectivity index (χ0n) is 10.8. The zero-order valence-corrected chi connectivity index (χ0v) is 12.3. The molecule has 112 valence electrons. The van der Waals surface area contributed by atoms with Crippen LogP contribution in [0, 0.1) is 10.1 Å². The zero-order chi connectivity index (χ0) is 15.8. The first-order valence-corrected chi connectivity index (χ1v) is 6.21. The molecule has 2 aromatic rings. The van der Waals surface area contributed by atoms with Crippen molar-refractivity contribution in [1.29, 1.82) is 0 Å². The van der Waals surface area contributed by atoms with Gasteiger partial charge in [-0.05, 0) is 18.2 Å². The van der Waals surface area contributed by atoms with Crippen molar-refractivity contribution in [1.82, 2.24) is 9.55 Å². The van der Waals surface area contributed by atoms with E-state index in [0.717, 1.165) is 5.56 Å². The van der Waals surface area contributed by atoms with Crippen LogP contribution in [-0.4, -0.2) is 27.0 Å². The monoisotopic (exact) mass is 331 g/mol. The normalized spacial score (nSPS) is 10.5. The summed E-state index contributed by atoms with van der Waals surface area (Å²) in [5, 5.41) is 14.8. The molecule has 0 fully saturated rings. The third-order valence-corrected chi connectivity index (χ3v) is 2.76. The second-order valence-corrected chi connectivity index (χ2v) is 4.41. The molecule has 2 rings (SSSR count). The van der Waals surface area contributed by atoms with Crippen LogP contribution >= 0.6 is 23.2 Å². The fraction of sp³-hybridized carbons (Fsp3) is 0.0833. The van der Waals surface area contributed by atoms with Crippen LogP contribution in [0.25, 0.3) is 12.0 Å². The molecule has 0 aliphatic carbocycles. The van der Waals surface area contributed by atoms with Crippen LogP contribution in [0.2, 0.25) is 10.0 Å². The van der Waals surface area contributed by atoms with E-state index in [2.05, 4.69) is 4.98 Å². The molecule has 0 spiro atoms. The predicted molar refractivity (Wildman–Crippen MR) is 78.6 cm³/mol. The number of aromatic nitrogens is 2. The van der Waals surface area contributed by atoms with Crippen molar-refractivity contribution < 1.29 is 15.0 Å². The van der Waals surface area contributed by atoms with Crippen molar-refractivity contribution in [3.05, 3.63) is 62.6 Å². The molecule has 0 bridgehead atoms. The average molecular weight is 332 g/mol. The van der Waals surface area contributed by atoms with Gasteiger partial charge in [-0.2, -0.15) is 0 Å². The largest absolute Gasteiger partial charge is 0.495 e. The Morgan fingerprint density at radius 2 is 2.19 bits per heavy atom. The molecule has 0 saturated carbocycles. The van der Waals surface area contributed by atoms with Crippen LogP contribution in [0.15, 0.2) is 36.9 Å². The first-order valence-electron chi connectivity index (χ1n) is 5.46. The highest BCUT2D eigenvalue weighted by Crippen LogP contribution is 2.27. The maximum absolute atomic E-state index is 8.36. The van der Waals surface area contributed by atoms with Crippen LogP contribution in [-0.2, 0) is 4.74 Å². The first-order chi connectivity index (χ1) is 9.93. The summed E-state index contributed by atoms with van der Waals surface area (Å²) in [5.74, 6) is 0.643. The number of ether oxygens (including phenoxy) is 1. The first kappa shape index (κ1) is 16.8. The van der Waals surface area contributed by atoms with Gasteiger partial charge < -0.3 is 14.5 Å². The van der Waals surface area contributed by atoms with Crippen LogP contribution in [0.4, 0.5) is 0 Å². The minimum Gasteiger partial charge on any atom is -0.495 e. The van der Waals surface area contributed by atoms with E-state index in [1.807, 2.05) is 12.3 Å². The van der Waals surface area contributed by atoms with Crippen LogP contribution in [0.3, 0.4) is 0 Å². The number of hydrogen-bond donors (Lipinski definition) is 1. The highest BCUT2D eigenvalue weighted by molar-refractivity contribution is 6.35. The van der Waals surface area contributed by atoms with Gasteiger partial charge in [0, 0.05) is 23.0 Å². The molecular formula is C12H11Cl2N3O4. The molecule has 0 radical (unpaired) electrons. The molecule has 1 heterocycles. The van der Waals surface area contributed by atoms with E-state index in [1.165, 1.54) is 0 Å². The quantitative estimate of drug-likeness (QED) is 0.528. The van der Waals surface area contributed by atoms with Crippen LogP contribution in [0.5, 0.6) is 0 Å². The van der Waals surface area contributed by atoms with Gasteiger partial charge in [-0.3, -0.25) is 0 Å². The number of benzene rings is 1. The molecule has 0 aliphatic heterocycles. The summed E-state index contributed by atoms with van der Waals surface area (Å²) >= 11 is 12.0. The molecule has 9 heteroatoms. The molecule has 0 atom stereocenters. The maximum Gasteiger partial charge on any atom is 0.291 e. The number of rotatable bonds is 3. The molecule has 7 nitrogen and oxygen atoms in total. The molecule has 1 aromatic heterocycles. The van der Waals surface area contributed by atoms with Gasteiger partial charge in [0.25, 0.3) is 5.09 Å². The van der Waals surface area contributed by atoms with Gasteiger partial charge in [0.1, 0.15) is 5.76 Å². The van der Waals surface area contributed by atoms with Crippen LogP contribution < -0.4 is 0 Å². The fourth-order valence-electron chi connectivity index (χ4n) is 1.40. The summed E-state index contributed by atoms with van der Waals surface area (Å²) in [6, 6.07) is 5.26. The Morgan fingerprint density at radius 1 is 1.52 bits per heavy atom. The minimum absolute atomic E-state index is 0.547. The summed E-state index contributed by atoms with van der Waals surface area (Å²) in [6.07, 6.45) is 6.96. The van der Waals surface area contributed by atoms with E-state index in [4.69, 9.17) is 43.3 Å². The number of nitrogens with zero attached hydrogens (tertiary/aromatic N) is 3. The van der Waals surface area contributed by atoms with Crippen molar-refractivity contribution in [2.75, 3.05) is 7.11 Å². The summed E-state index contributed by atoms with van der Waals surface area (Å²) in [7, 11) is 1.59. The third-order valence-electron chi connectivity index (χ3n) is 2.21. The van der Waals surface area contributed by atoms with E-state index >= 15 is 0 Å². The Hall–Kier alpha value is -2.25. The molecular weight excluding hydrogens is 321 g/mol. The number of imidazole rings is 1. The van der Waals surface area contributed by atoms with Gasteiger partial charge in [0.2, 0.25) is 0 Å². The minimum atomic E-state index is -1.50. The molecule has 21 heavy (non-hydrogen) atoms. The van der Waals surface area contributed by atoms with Crippen LogP contribution in [0.1, 0.15) is 5.56 Å². The molecule has 1 aromatic carbocycles.